The fourth-order valence-electron chi connectivity index (χ4n) is 2.10. The summed E-state index contributed by atoms with van der Waals surface area (Å²) in [6.45, 7) is 1.13. The van der Waals surface area contributed by atoms with Crippen molar-refractivity contribution < 1.29 is 14.7 Å². The van der Waals surface area contributed by atoms with E-state index in [9.17, 15) is 14.7 Å². The SMILES string of the molecule is O=C(NC1CCCNC1=O)C1CC(O)CN1. The summed E-state index contributed by atoms with van der Waals surface area (Å²) in [5.74, 6) is -0.309. The van der Waals surface area contributed by atoms with E-state index in [1.807, 2.05) is 0 Å². The van der Waals surface area contributed by atoms with E-state index in [4.69, 9.17) is 0 Å². The van der Waals surface area contributed by atoms with Gasteiger partial charge in [-0.3, -0.25) is 9.59 Å². The second-order valence-electron chi connectivity index (χ2n) is 4.34. The molecule has 2 aliphatic rings. The minimum Gasteiger partial charge on any atom is -0.392 e. The van der Waals surface area contributed by atoms with Crippen molar-refractivity contribution in [2.75, 3.05) is 13.1 Å². The smallest absolute Gasteiger partial charge is 0.242 e. The highest BCUT2D eigenvalue weighted by molar-refractivity contribution is 5.90. The van der Waals surface area contributed by atoms with Gasteiger partial charge in [0.2, 0.25) is 11.8 Å². The van der Waals surface area contributed by atoms with Gasteiger partial charge >= 0.3 is 0 Å². The van der Waals surface area contributed by atoms with E-state index < -0.39 is 12.1 Å². The highest BCUT2D eigenvalue weighted by atomic mass is 16.3. The van der Waals surface area contributed by atoms with Crippen molar-refractivity contribution >= 4 is 11.8 Å². The Balaban J connectivity index is 1.84. The number of carbonyl (C=O) groups excluding carboxylic acids is 2. The summed E-state index contributed by atoms with van der Waals surface area (Å²) in [6, 6.07) is -0.787. The van der Waals surface area contributed by atoms with E-state index in [1.54, 1.807) is 0 Å². The quantitative estimate of drug-likeness (QED) is 0.444. The lowest BCUT2D eigenvalue weighted by atomic mass is 10.1. The van der Waals surface area contributed by atoms with E-state index in [2.05, 4.69) is 16.0 Å². The molecule has 16 heavy (non-hydrogen) atoms. The van der Waals surface area contributed by atoms with Crippen LogP contribution in [0.25, 0.3) is 0 Å². The molecule has 0 radical (unpaired) electrons. The second-order valence-corrected chi connectivity index (χ2v) is 4.34. The number of amides is 2. The van der Waals surface area contributed by atoms with Crippen molar-refractivity contribution in [3.8, 4) is 0 Å². The molecule has 4 N–H and O–H groups in total. The molecular weight excluding hydrogens is 210 g/mol. The molecule has 2 heterocycles. The Morgan fingerprint density at radius 2 is 2.31 bits per heavy atom. The zero-order valence-corrected chi connectivity index (χ0v) is 9.03. The van der Waals surface area contributed by atoms with Gasteiger partial charge in [0.1, 0.15) is 6.04 Å². The number of piperidine rings is 1. The second kappa shape index (κ2) is 4.80. The van der Waals surface area contributed by atoms with Gasteiger partial charge in [0.05, 0.1) is 12.1 Å². The van der Waals surface area contributed by atoms with Crippen LogP contribution in [0.15, 0.2) is 0 Å². The van der Waals surface area contributed by atoms with E-state index in [0.717, 1.165) is 6.42 Å². The van der Waals surface area contributed by atoms with E-state index in [0.29, 0.717) is 25.9 Å². The standard InChI is InChI=1S/C10H17N3O3/c14-6-4-8(12-5-6)10(16)13-7-2-1-3-11-9(7)15/h6-8,12,14H,1-5H2,(H,11,15)(H,13,16). The molecule has 3 atom stereocenters. The van der Waals surface area contributed by atoms with Gasteiger partial charge in [-0.25, -0.2) is 0 Å². The van der Waals surface area contributed by atoms with Gasteiger partial charge in [0.25, 0.3) is 0 Å². The number of carbonyl (C=O) groups is 2. The number of hydrogen-bond donors (Lipinski definition) is 4. The topological polar surface area (TPSA) is 90.5 Å². The van der Waals surface area contributed by atoms with Gasteiger partial charge < -0.3 is 21.1 Å². The Labute approximate surface area is 93.8 Å². The highest BCUT2D eigenvalue weighted by Crippen LogP contribution is 2.08. The highest BCUT2D eigenvalue weighted by Gasteiger charge is 2.31. The molecular formula is C10H17N3O3. The third-order valence-corrected chi connectivity index (χ3v) is 3.03. The molecule has 0 aliphatic carbocycles. The van der Waals surface area contributed by atoms with Crippen LogP contribution in [0.5, 0.6) is 0 Å². The number of aliphatic hydroxyl groups is 1. The van der Waals surface area contributed by atoms with Crippen LogP contribution in [0.3, 0.4) is 0 Å². The normalized spacial score (nSPS) is 34.6. The molecule has 0 aromatic carbocycles. The maximum absolute atomic E-state index is 11.7. The summed E-state index contributed by atoms with van der Waals surface area (Å²) in [5, 5.41) is 17.6. The van der Waals surface area contributed by atoms with Crippen LogP contribution in [-0.4, -0.2) is 48.2 Å². The van der Waals surface area contributed by atoms with Crippen LogP contribution in [0, 0.1) is 0 Å². The maximum atomic E-state index is 11.7. The molecule has 90 valence electrons. The fourth-order valence-corrected chi connectivity index (χ4v) is 2.10. The minimum atomic E-state index is -0.462. The molecule has 0 bridgehead atoms. The molecule has 2 amide bonds. The van der Waals surface area contributed by atoms with Crippen LogP contribution >= 0.6 is 0 Å². The largest absolute Gasteiger partial charge is 0.392 e. The first-order valence-corrected chi connectivity index (χ1v) is 5.66. The van der Waals surface area contributed by atoms with Crippen LogP contribution in [0.2, 0.25) is 0 Å². The lowest BCUT2D eigenvalue weighted by Gasteiger charge is -2.24. The number of hydrogen-bond acceptors (Lipinski definition) is 4. The van der Waals surface area contributed by atoms with Gasteiger partial charge in [-0.05, 0) is 19.3 Å². The minimum absolute atomic E-state index is 0.113. The molecule has 2 aliphatic heterocycles. The zero-order chi connectivity index (χ0) is 11.5. The van der Waals surface area contributed by atoms with Gasteiger partial charge in [0.15, 0.2) is 0 Å². The van der Waals surface area contributed by atoms with Crippen molar-refractivity contribution in [1.29, 1.82) is 0 Å². The van der Waals surface area contributed by atoms with Crippen molar-refractivity contribution in [3.63, 3.8) is 0 Å². The summed E-state index contributed by atoms with van der Waals surface area (Å²) >= 11 is 0. The molecule has 0 saturated carbocycles. The van der Waals surface area contributed by atoms with E-state index >= 15 is 0 Å². The van der Waals surface area contributed by atoms with E-state index in [1.165, 1.54) is 0 Å². The molecule has 2 rings (SSSR count). The number of rotatable bonds is 2. The van der Waals surface area contributed by atoms with Crippen LogP contribution in [-0.2, 0) is 9.59 Å². The number of β-amino-alcohol motifs (C(OH)–C–C–N with tert-alkyl or cyclic N) is 1. The monoisotopic (exact) mass is 227 g/mol. The first-order valence-electron chi connectivity index (χ1n) is 5.66. The van der Waals surface area contributed by atoms with Crippen LogP contribution in [0.1, 0.15) is 19.3 Å². The molecule has 3 unspecified atom stereocenters. The molecule has 2 saturated heterocycles. The van der Waals surface area contributed by atoms with Gasteiger partial charge in [-0.1, -0.05) is 0 Å². The summed E-state index contributed by atoms with van der Waals surface area (Å²) in [6.07, 6.45) is 1.53. The molecule has 6 nitrogen and oxygen atoms in total. The Morgan fingerprint density at radius 3 is 2.94 bits per heavy atom. The lowest BCUT2D eigenvalue weighted by molar-refractivity contribution is -0.131. The predicted octanol–water partition coefficient (Wildman–Crippen LogP) is -1.90. The summed E-state index contributed by atoms with van der Waals surface area (Å²) < 4.78 is 0. The van der Waals surface area contributed by atoms with Crippen molar-refractivity contribution in [3.05, 3.63) is 0 Å². The Hall–Kier alpha value is -1.14. The average Bonchev–Trinajstić information content (AvgIpc) is 2.68. The first-order chi connectivity index (χ1) is 7.66. The molecule has 2 fully saturated rings. The Kier molecular flexibility index (Phi) is 3.40. The van der Waals surface area contributed by atoms with Crippen molar-refractivity contribution in [2.24, 2.45) is 0 Å². The molecule has 6 heteroatoms. The van der Waals surface area contributed by atoms with Crippen LogP contribution in [0.4, 0.5) is 0 Å². The summed E-state index contributed by atoms with van der Waals surface area (Å²) in [4.78, 5) is 23.2. The third kappa shape index (κ3) is 2.51. The Morgan fingerprint density at radius 1 is 1.50 bits per heavy atom. The third-order valence-electron chi connectivity index (χ3n) is 3.03. The molecule has 0 spiro atoms. The first kappa shape index (κ1) is 11.3. The predicted molar refractivity (Wildman–Crippen MR) is 56.6 cm³/mol. The Bertz CT molecular complexity index is 295. The lowest BCUT2D eigenvalue weighted by Crippen LogP contribution is -2.53. The van der Waals surface area contributed by atoms with Crippen molar-refractivity contribution in [2.45, 2.75) is 37.5 Å². The summed E-state index contributed by atoms with van der Waals surface area (Å²) in [7, 11) is 0. The van der Waals surface area contributed by atoms with Gasteiger partial charge in [0, 0.05) is 13.1 Å². The average molecular weight is 227 g/mol. The molecule has 0 aromatic heterocycles. The van der Waals surface area contributed by atoms with Crippen molar-refractivity contribution in [1.82, 2.24) is 16.0 Å². The number of nitrogens with one attached hydrogen (secondary N) is 3. The van der Waals surface area contributed by atoms with Gasteiger partial charge in [-0.15, -0.1) is 0 Å². The maximum Gasteiger partial charge on any atom is 0.242 e. The number of aliphatic hydroxyl groups excluding tert-OH is 1. The van der Waals surface area contributed by atoms with Crippen LogP contribution < -0.4 is 16.0 Å². The fraction of sp³-hybridized carbons (Fsp3) is 0.800. The van der Waals surface area contributed by atoms with Gasteiger partial charge in [-0.2, -0.15) is 0 Å². The molecule has 0 aromatic rings. The van der Waals surface area contributed by atoms with E-state index in [-0.39, 0.29) is 17.9 Å². The summed E-state index contributed by atoms with van der Waals surface area (Å²) in [5.41, 5.74) is 0. The zero-order valence-electron chi connectivity index (χ0n) is 9.03.